The highest BCUT2D eigenvalue weighted by Gasteiger charge is 2.28. The smallest absolute Gasteiger partial charge is 0.166 e. The average molecular weight is 419 g/mol. The molecule has 0 bridgehead atoms. The predicted molar refractivity (Wildman–Crippen MR) is 114 cm³/mol. The molecule has 0 unspecified atom stereocenters. The van der Waals surface area contributed by atoms with Crippen LogP contribution in [0.5, 0.6) is 0 Å². The molecule has 0 aromatic carbocycles. The standard InChI is InChI=1S/C22H28ClFN4O/c1-2-19(29)17-11-25-18-7-8-20(23)27-22(18)21(17)26-16-5-3-14(4-6-16)12-28-10-9-15(24)13-28/h7-8,11,14-16H,2-6,9-10,12-13H2,1H3,(H,25,26)/t14-,15-,16-/m1/s1. The predicted octanol–water partition coefficient (Wildman–Crippen LogP) is 4.89. The summed E-state index contributed by atoms with van der Waals surface area (Å²) in [6, 6.07) is 3.84. The summed E-state index contributed by atoms with van der Waals surface area (Å²) in [6.45, 7) is 4.34. The fraction of sp³-hybridized carbons (Fsp3) is 0.591. The summed E-state index contributed by atoms with van der Waals surface area (Å²) in [4.78, 5) is 23.6. The molecule has 0 spiro atoms. The first-order valence-electron chi connectivity index (χ1n) is 10.6. The normalized spacial score (nSPS) is 25.4. The number of nitrogens with zero attached hydrogens (tertiary/aromatic N) is 3. The van der Waals surface area contributed by atoms with E-state index in [2.05, 4.69) is 20.2 Å². The van der Waals surface area contributed by atoms with E-state index in [1.165, 1.54) is 0 Å². The van der Waals surface area contributed by atoms with Crippen LogP contribution in [0.2, 0.25) is 5.15 Å². The minimum Gasteiger partial charge on any atom is -0.380 e. The van der Waals surface area contributed by atoms with Gasteiger partial charge in [0.05, 0.1) is 16.8 Å². The van der Waals surface area contributed by atoms with Gasteiger partial charge in [0.25, 0.3) is 0 Å². The third-order valence-electron chi connectivity index (χ3n) is 6.23. The van der Waals surface area contributed by atoms with Gasteiger partial charge in [-0.1, -0.05) is 18.5 Å². The molecule has 7 heteroatoms. The van der Waals surface area contributed by atoms with Crippen LogP contribution in [0.25, 0.3) is 11.0 Å². The van der Waals surface area contributed by atoms with Crippen LogP contribution in [0.1, 0.15) is 55.8 Å². The molecule has 2 aromatic rings. The van der Waals surface area contributed by atoms with Crippen molar-refractivity contribution in [2.75, 3.05) is 25.0 Å². The number of carbonyl (C=O) groups is 1. The number of nitrogens with one attached hydrogen (secondary N) is 1. The lowest BCUT2D eigenvalue weighted by Gasteiger charge is -2.32. The molecule has 1 atom stereocenters. The Morgan fingerprint density at radius 2 is 2.07 bits per heavy atom. The molecule has 1 saturated heterocycles. The van der Waals surface area contributed by atoms with E-state index in [0.717, 1.165) is 50.0 Å². The summed E-state index contributed by atoms with van der Waals surface area (Å²) in [5, 5.41) is 3.99. The Bertz CT molecular complexity index is 884. The summed E-state index contributed by atoms with van der Waals surface area (Å²) >= 11 is 6.13. The van der Waals surface area contributed by atoms with Gasteiger partial charge in [0.15, 0.2) is 5.78 Å². The van der Waals surface area contributed by atoms with Crippen LogP contribution in [0.3, 0.4) is 0 Å². The van der Waals surface area contributed by atoms with Gasteiger partial charge in [-0.05, 0) is 50.2 Å². The lowest BCUT2D eigenvalue weighted by atomic mass is 9.85. The number of pyridine rings is 2. The van der Waals surface area contributed by atoms with Crippen LogP contribution >= 0.6 is 11.6 Å². The number of hydrogen-bond donors (Lipinski definition) is 1. The molecule has 1 saturated carbocycles. The van der Waals surface area contributed by atoms with Crippen LogP contribution in [0.15, 0.2) is 18.3 Å². The number of hydrogen-bond acceptors (Lipinski definition) is 5. The molecule has 1 aliphatic carbocycles. The lowest BCUT2D eigenvalue weighted by Crippen LogP contribution is -2.33. The maximum atomic E-state index is 13.4. The van der Waals surface area contributed by atoms with E-state index in [0.29, 0.717) is 41.5 Å². The first-order chi connectivity index (χ1) is 14.0. The summed E-state index contributed by atoms with van der Waals surface area (Å²) < 4.78 is 13.4. The van der Waals surface area contributed by atoms with E-state index in [9.17, 15) is 9.18 Å². The lowest BCUT2D eigenvalue weighted by molar-refractivity contribution is 0.0988. The van der Waals surface area contributed by atoms with Crippen molar-refractivity contribution in [2.24, 2.45) is 5.92 Å². The van der Waals surface area contributed by atoms with Gasteiger partial charge in [-0.25, -0.2) is 9.37 Å². The van der Waals surface area contributed by atoms with E-state index in [1.807, 2.05) is 13.0 Å². The second-order valence-corrected chi connectivity index (χ2v) is 8.72. The van der Waals surface area contributed by atoms with E-state index in [4.69, 9.17) is 11.6 Å². The van der Waals surface area contributed by atoms with Crippen molar-refractivity contribution in [1.29, 1.82) is 0 Å². The largest absolute Gasteiger partial charge is 0.380 e. The summed E-state index contributed by atoms with van der Waals surface area (Å²) in [7, 11) is 0. The van der Waals surface area contributed by atoms with E-state index < -0.39 is 6.17 Å². The Morgan fingerprint density at radius 1 is 1.28 bits per heavy atom. The number of halogens is 2. The van der Waals surface area contributed by atoms with Gasteiger partial charge < -0.3 is 10.2 Å². The minimum absolute atomic E-state index is 0.0483. The van der Waals surface area contributed by atoms with Crippen molar-refractivity contribution in [3.8, 4) is 0 Å². The van der Waals surface area contributed by atoms with Crippen molar-refractivity contribution >= 4 is 34.1 Å². The molecular formula is C22H28ClFN4O. The molecule has 2 fully saturated rings. The molecule has 2 aliphatic rings. The zero-order chi connectivity index (χ0) is 20.4. The Morgan fingerprint density at radius 3 is 2.76 bits per heavy atom. The van der Waals surface area contributed by atoms with Crippen molar-refractivity contribution < 1.29 is 9.18 Å². The monoisotopic (exact) mass is 418 g/mol. The molecule has 5 nitrogen and oxygen atoms in total. The highest BCUT2D eigenvalue weighted by atomic mass is 35.5. The molecule has 3 heterocycles. The number of anilines is 1. The highest BCUT2D eigenvalue weighted by molar-refractivity contribution is 6.30. The molecular weight excluding hydrogens is 391 g/mol. The number of Topliss-reactive ketones (excluding diaryl/α,β-unsaturated/α-hetero) is 1. The topological polar surface area (TPSA) is 58.1 Å². The van der Waals surface area contributed by atoms with E-state index in [1.54, 1.807) is 12.3 Å². The average Bonchev–Trinajstić information content (AvgIpc) is 3.13. The Balaban J connectivity index is 1.47. The molecule has 29 heavy (non-hydrogen) atoms. The van der Waals surface area contributed by atoms with Crippen LogP contribution in [-0.4, -0.2) is 52.5 Å². The highest BCUT2D eigenvalue weighted by Crippen LogP contribution is 2.32. The number of fused-ring (bicyclic) bond motifs is 1. The third kappa shape index (κ3) is 4.69. The molecule has 2 aromatic heterocycles. The first kappa shape index (κ1) is 20.5. The first-order valence-corrected chi connectivity index (χ1v) is 11.0. The number of ketones is 1. The van der Waals surface area contributed by atoms with E-state index in [-0.39, 0.29) is 11.8 Å². The molecule has 156 valence electrons. The third-order valence-corrected chi connectivity index (χ3v) is 6.44. The second-order valence-electron chi connectivity index (χ2n) is 8.33. The summed E-state index contributed by atoms with van der Waals surface area (Å²) in [5.41, 5.74) is 2.73. The van der Waals surface area contributed by atoms with Crippen molar-refractivity contribution in [2.45, 2.75) is 57.7 Å². The van der Waals surface area contributed by atoms with Gasteiger partial charge in [-0.15, -0.1) is 0 Å². The van der Waals surface area contributed by atoms with Gasteiger partial charge in [-0.2, -0.15) is 0 Å². The summed E-state index contributed by atoms with van der Waals surface area (Å²) in [5.74, 6) is 0.670. The van der Waals surface area contributed by atoms with Crippen LogP contribution in [0.4, 0.5) is 10.1 Å². The zero-order valence-electron chi connectivity index (χ0n) is 16.8. The Kier molecular flexibility index (Phi) is 6.30. The maximum Gasteiger partial charge on any atom is 0.166 e. The summed E-state index contributed by atoms with van der Waals surface area (Å²) in [6.07, 6.45) is 6.37. The van der Waals surface area contributed by atoms with Crippen molar-refractivity contribution in [3.63, 3.8) is 0 Å². The SMILES string of the molecule is CCC(=O)c1cnc2ccc(Cl)nc2c1N[C@H]1CC[C@H](CN2CC[C@@H](F)C2)CC1. The maximum absolute atomic E-state index is 13.4. The quantitative estimate of drug-likeness (QED) is 0.534. The number of rotatable bonds is 6. The minimum atomic E-state index is -0.651. The van der Waals surface area contributed by atoms with Crippen molar-refractivity contribution in [3.05, 3.63) is 29.0 Å². The van der Waals surface area contributed by atoms with Gasteiger partial charge in [0.1, 0.15) is 16.8 Å². The molecule has 0 amide bonds. The zero-order valence-corrected chi connectivity index (χ0v) is 17.6. The molecule has 1 N–H and O–H groups in total. The second kappa shape index (κ2) is 8.92. The fourth-order valence-electron chi connectivity index (χ4n) is 4.60. The number of aromatic nitrogens is 2. The van der Waals surface area contributed by atoms with Gasteiger partial charge in [0.2, 0.25) is 0 Å². The number of alkyl halides is 1. The van der Waals surface area contributed by atoms with Gasteiger partial charge in [0, 0.05) is 38.3 Å². The molecule has 0 radical (unpaired) electrons. The van der Waals surface area contributed by atoms with Crippen LogP contribution in [0, 0.1) is 5.92 Å². The van der Waals surface area contributed by atoms with Crippen molar-refractivity contribution in [1.82, 2.24) is 14.9 Å². The van der Waals surface area contributed by atoms with Gasteiger partial charge >= 0.3 is 0 Å². The van der Waals surface area contributed by atoms with Gasteiger partial charge in [-0.3, -0.25) is 9.78 Å². The molecule has 1 aliphatic heterocycles. The number of carbonyl (C=O) groups excluding carboxylic acids is 1. The number of likely N-dealkylation sites (tertiary alicyclic amines) is 1. The van der Waals surface area contributed by atoms with Crippen LogP contribution < -0.4 is 5.32 Å². The van der Waals surface area contributed by atoms with E-state index >= 15 is 0 Å². The molecule has 4 rings (SSSR count). The Hall–Kier alpha value is -1.79. The Labute approximate surface area is 176 Å². The fourth-order valence-corrected chi connectivity index (χ4v) is 4.75. The van der Waals surface area contributed by atoms with Crippen LogP contribution in [-0.2, 0) is 0 Å².